The number of carbonyl (C=O) groups excluding carboxylic acids is 1. The topological polar surface area (TPSA) is 61.8 Å². The Kier molecular flexibility index (Phi) is 4.83. The van der Waals surface area contributed by atoms with Gasteiger partial charge in [0, 0.05) is 26.2 Å². The molecule has 2 aliphatic heterocycles. The third-order valence-corrected chi connectivity index (χ3v) is 4.65. The summed E-state index contributed by atoms with van der Waals surface area (Å²) in [5.41, 5.74) is 1.25. The van der Waals surface area contributed by atoms with Gasteiger partial charge < -0.3 is 20.1 Å². The van der Waals surface area contributed by atoms with E-state index in [-0.39, 0.29) is 12.1 Å². The molecule has 5 nitrogen and oxygen atoms in total. The van der Waals surface area contributed by atoms with Crippen LogP contribution in [0.4, 0.5) is 4.79 Å². The zero-order valence-electron chi connectivity index (χ0n) is 12.8. The summed E-state index contributed by atoms with van der Waals surface area (Å²) >= 11 is 0. The normalized spacial score (nSPS) is 22.7. The lowest BCUT2D eigenvalue weighted by Crippen LogP contribution is -2.46. The van der Waals surface area contributed by atoms with Crippen molar-refractivity contribution in [1.82, 2.24) is 10.2 Å². The van der Waals surface area contributed by atoms with Gasteiger partial charge in [-0.25, -0.2) is 4.79 Å². The van der Waals surface area contributed by atoms with Gasteiger partial charge in [-0.1, -0.05) is 12.1 Å². The number of nitrogens with zero attached hydrogens (tertiary/aromatic N) is 1. The minimum atomic E-state index is 0.0275. The summed E-state index contributed by atoms with van der Waals surface area (Å²) in [5, 5.41) is 12.3. The van der Waals surface area contributed by atoms with Crippen LogP contribution in [0.25, 0.3) is 0 Å². The van der Waals surface area contributed by atoms with Crippen LogP contribution in [0.3, 0.4) is 0 Å². The first-order chi connectivity index (χ1) is 10.7. The average molecular weight is 304 g/mol. The number of benzene rings is 1. The second-order valence-electron chi connectivity index (χ2n) is 6.17. The fourth-order valence-electron chi connectivity index (χ4n) is 3.28. The quantitative estimate of drug-likeness (QED) is 0.901. The molecule has 2 amide bonds. The van der Waals surface area contributed by atoms with Crippen LogP contribution in [0, 0.1) is 0 Å². The molecule has 1 unspecified atom stereocenters. The van der Waals surface area contributed by atoms with Crippen LogP contribution < -0.4 is 5.32 Å². The zero-order valence-corrected chi connectivity index (χ0v) is 12.8. The Labute approximate surface area is 131 Å². The molecule has 22 heavy (non-hydrogen) atoms. The van der Waals surface area contributed by atoms with Crippen molar-refractivity contribution in [3.8, 4) is 5.75 Å². The average Bonchev–Trinajstić information content (AvgIpc) is 3.07. The van der Waals surface area contributed by atoms with E-state index < -0.39 is 0 Å². The maximum Gasteiger partial charge on any atom is 0.317 e. The number of phenolic OH excluding ortho intramolecular Hbond substituents is 1. The maximum absolute atomic E-state index is 12.2. The van der Waals surface area contributed by atoms with Crippen LogP contribution in [0.2, 0.25) is 0 Å². The SMILES string of the molecule is O=C(NCC1CCCO1)N1CCC(c2ccc(O)cc2)CC1. The lowest BCUT2D eigenvalue weighted by Gasteiger charge is -2.32. The first kappa shape index (κ1) is 15.2. The van der Waals surface area contributed by atoms with Crippen LogP contribution in [0.1, 0.15) is 37.2 Å². The van der Waals surface area contributed by atoms with Crippen LogP contribution in [0.15, 0.2) is 24.3 Å². The Hall–Kier alpha value is -1.75. The van der Waals surface area contributed by atoms with Crippen molar-refractivity contribution in [2.24, 2.45) is 0 Å². The molecule has 0 radical (unpaired) electrons. The van der Waals surface area contributed by atoms with Crippen molar-refractivity contribution in [2.45, 2.75) is 37.7 Å². The fourth-order valence-corrected chi connectivity index (χ4v) is 3.28. The number of phenols is 1. The van der Waals surface area contributed by atoms with Gasteiger partial charge in [0.1, 0.15) is 5.75 Å². The van der Waals surface area contributed by atoms with Crippen LogP contribution >= 0.6 is 0 Å². The summed E-state index contributed by atoms with van der Waals surface area (Å²) in [6, 6.07) is 7.45. The smallest absolute Gasteiger partial charge is 0.317 e. The third-order valence-electron chi connectivity index (χ3n) is 4.65. The molecule has 1 aromatic rings. The second kappa shape index (κ2) is 7.01. The molecule has 2 heterocycles. The largest absolute Gasteiger partial charge is 0.508 e. The van der Waals surface area contributed by atoms with Gasteiger partial charge in [0.25, 0.3) is 0 Å². The van der Waals surface area contributed by atoms with Crippen molar-refractivity contribution < 1.29 is 14.6 Å². The van der Waals surface area contributed by atoms with Crippen molar-refractivity contribution in [1.29, 1.82) is 0 Å². The number of nitrogens with one attached hydrogen (secondary N) is 1. The molecule has 0 saturated carbocycles. The Bertz CT molecular complexity index is 489. The Morgan fingerprint density at radius 2 is 1.95 bits per heavy atom. The van der Waals surface area contributed by atoms with Gasteiger partial charge >= 0.3 is 6.03 Å². The fraction of sp³-hybridized carbons (Fsp3) is 0.588. The predicted molar refractivity (Wildman–Crippen MR) is 84.0 cm³/mol. The number of carbonyl (C=O) groups is 1. The van der Waals surface area contributed by atoms with E-state index in [0.717, 1.165) is 45.4 Å². The van der Waals surface area contributed by atoms with Crippen LogP contribution in [-0.2, 0) is 4.74 Å². The molecule has 0 aliphatic carbocycles. The molecule has 0 aromatic heterocycles. The summed E-state index contributed by atoms with van der Waals surface area (Å²) in [7, 11) is 0. The van der Waals surface area contributed by atoms with Gasteiger partial charge in [0.05, 0.1) is 6.10 Å². The second-order valence-corrected chi connectivity index (χ2v) is 6.17. The third kappa shape index (κ3) is 3.71. The summed E-state index contributed by atoms with van der Waals surface area (Å²) in [6.07, 6.45) is 4.27. The summed E-state index contributed by atoms with van der Waals surface area (Å²) < 4.78 is 5.52. The summed E-state index contributed by atoms with van der Waals surface area (Å²) in [6.45, 7) is 3.00. The standard InChI is InChI=1S/C17H24N2O3/c20-15-5-3-13(4-6-15)14-7-9-19(10-8-14)17(21)18-12-16-2-1-11-22-16/h3-6,14,16,20H,1-2,7-12H2,(H,18,21). The molecule has 1 aromatic carbocycles. The molecule has 1 atom stereocenters. The molecule has 0 spiro atoms. The lowest BCUT2D eigenvalue weighted by molar-refractivity contribution is 0.108. The number of ether oxygens (including phenoxy) is 1. The number of piperidine rings is 1. The highest BCUT2D eigenvalue weighted by Crippen LogP contribution is 2.29. The van der Waals surface area contributed by atoms with E-state index in [2.05, 4.69) is 5.32 Å². The van der Waals surface area contributed by atoms with Gasteiger partial charge in [-0.15, -0.1) is 0 Å². The number of rotatable bonds is 3. The number of amides is 2. The highest BCUT2D eigenvalue weighted by Gasteiger charge is 2.24. The summed E-state index contributed by atoms with van der Waals surface area (Å²) in [5.74, 6) is 0.775. The number of hydrogen-bond donors (Lipinski definition) is 2. The first-order valence-corrected chi connectivity index (χ1v) is 8.15. The molecule has 2 N–H and O–H groups in total. The lowest BCUT2D eigenvalue weighted by atomic mass is 9.89. The van der Waals surface area contributed by atoms with Crippen molar-refractivity contribution in [3.63, 3.8) is 0 Å². The minimum Gasteiger partial charge on any atom is -0.508 e. The van der Waals surface area contributed by atoms with Gasteiger partial charge in [0.15, 0.2) is 0 Å². The van der Waals surface area contributed by atoms with E-state index in [1.165, 1.54) is 5.56 Å². The van der Waals surface area contributed by atoms with Crippen molar-refractivity contribution >= 4 is 6.03 Å². The number of aromatic hydroxyl groups is 1. The molecule has 120 valence electrons. The molecule has 2 saturated heterocycles. The monoisotopic (exact) mass is 304 g/mol. The minimum absolute atomic E-state index is 0.0275. The zero-order chi connectivity index (χ0) is 15.4. The number of likely N-dealkylation sites (tertiary alicyclic amines) is 1. The summed E-state index contributed by atoms with van der Waals surface area (Å²) in [4.78, 5) is 14.1. The van der Waals surface area contributed by atoms with E-state index in [4.69, 9.17) is 4.74 Å². The van der Waals surface area contributed by atoms with Gasteiger partial charge in [0.2, 0.25) is 0 Å². The molecule has 5 heteroatoms. The van der Waals surface area contributed by atoms with Crippen molar-refractivity contribution in [3.05, 3.63) is 29.8 Å². The Morgan fingerprint density at radius 1 is 1.23 bits per heavy atom. The molecule has 3 rings (SSSR count). The van der Waals surface area contributed by atoms with Crippen LogP contribution in [0.5, 0.6) is 5.75 Å². The predicted octanol–water partition coefficient (Wildman–Crippen LogP) is 2.46. The van der Waals surface area contributed by atoms with Gasteiger partial charge in [-0.3, -0.25) is 0 Å². The molecular formula is C17H24N2O3. The maximum atomic E-state index is 12.2. The Morgan fingerprint density at radius 3 is 2.59 bits per heavy atom. The molecular weight excluding hydrogens is 280 g/mol. The highest BCUT2D eigenvalue weighted by atomic mass is 16.5. The number of hydrogen-bond acceptors (Lipinski definition) is 3. The van der Waals surface area contributed by atoms with E-state index in [9.17, 15) is 9.90 Å². The van der Waals surface area contributed by atoms with E-state index in [1.807, 2.05) is 17.0 Å². The highest BCUT2D eigenvalue weighted by molar-refractivity contribution is 5.74. The molecule has 2 aliphatic rings. The van der Waals surface area contributed by atoms with E-state index in [0.29, 0.717) is 18.2 Å². The Balaban J connectivity index is 1.44. The van der Waals surface area contributed by atoms with Gasteiger partial charge in [-0.05, 0) is 49.3 Å². The molecule has 2 fully saturated rings. The van der Waals surface area contributed by atoms with Gasteiger partial charge in [-0.2, -0.15) is 0 Å². The first-order valence-electron chi connectivity index (χ1n) is 8.15. The van der Waals surface area contributed by atoms with Crippen LogP contribution in [-0.4, -0.2) is 48.4 Å². The molecule has 0 bridgehead atoms. The number of urea groups is 1. The van der Waals surface area contributed by atoms with E-state index in [1.54, 1.807) is 12.1 Å². The van der Waals surface area contributed by atoms with Crippen molar-refractivity contribution in [2.75, 3.05) is 26.2 Å². The van der Waals surface area contributed by atoms with E-state index >= 15 is 0 Å².